The fourth-order valence-corrected chi connectivity index (χ4v) is 3.09. The number of methoxy groups -OCH3 is 1. The molecule has 0 radical (unpaired) electrons. The van der Waals surface area contributed by atoms with E-state index < -0.39 is 0 Å². The number of carbonyl (C=O) groups excluding carboxylic acids is 1. The number of carbonyl (C=O) groups is 1. The number of ether oxygens (including phenoxy) is 1. The van der Waals surface area contributed by atoms with E-state index in [1.807, 2.05) is 0 Å². The van der Waals surface area contributed by atoms with E-state index in [0.717, 1.165) is 32.1 Å². The molecule has 2 rings (SSSR count). The normalized spacial score (nSPS) is 41.9. The van der Waals surface area contributed by atoms with Gasteiger partial charge in [-0.25, -0.2) is 0 Å². The second-order valence-electron chi connectivity index (χ2n) is 4.68. The van der Waals surface area contributed by atoms with Crippen molar-refractivity contribution in [2.45, 2.75) is 38.2 Å². The van der Waals surface area contributed by atoms with Gasteiger partial charge in [0.15, 0.2) is 0 Å². The molecule has 0 heterocycles. The SMILES string of the molecule is COC(=O)[C@H]1C[C@H]2C[C@H](O)CC[C@H]2C1. The molecule has 0 aromatic heterocycles. The van der Waals surface area contributed by atoms with E-state index in [2.05, 4.69) is 0 Å². The Morgan fingerprint density at radius 3 is 2.64 bits per heavy atom. The third-order valence-corrected chi connectivity index (χ3v) is 3.82. The van der Waals surface area contributed by atoms with Gasteiger partial charge in [0.2, 0.25) is 0 Å². The average Bonchev–Trinajstić information content (AvgIpc) is 2.59. The van der Waals surface area contributed by atoms with Crippen LogP contribution in [0.15, 0.2) is 0 Å². The lowest BCUT2D eigenvalue weighted by atomic mass is 9.80. The highest BCUT2D eigenvalue weighted by atomic mass is 16.5. The highest BCUT2D eigenvalue weighted by Gasteiger charge is 2.41. The Hall–Kier alpha value is -0.570. The largest absolute Gasteiger partial charge is 0.469 e. The monoisotopic (exact) mass is 198 g/mol. The van der Waals surface area contributed by atoms with E-state index in [9.17, 15) is 9.90 Å². The molecule has 2 aliphatic carbocycles. The Balaban J connectivity index is 1.95. The van der Waals surface area contributed by atoms with Crippen molar-refractivity contribution < 1.29 is 14.6 Å². The molecule has 0 saturated heterocycles. The molecular weight excluding hydrogens is 180 g/mol. The van der Waals surface area contributed by atoms with Crippen LogP contribution in [-0.4, -0.2) is 24.3 Å². The predicted molar refractivity (Wildman–Crippen MR) is 51.6 cm³/mol. The first-order valence-corrected chi connectivity index (χ1v) is 5.46. The van der Waals surface area contributed by atoms with Crippen LogP contribution < -0.4 is 0 Å². The van der Waals surface area contributed by atoms with Crippen LogP contribution in [-0.2, 0) is 9.53 Å². The van der Waals surface area contributed by atoms with Gasteiger partial charge < -0.3 is 9.84 Å². The van der Waals surface area contributed by atoms with Crippen LogP contribution in [0.3, 0.4) is 0 Å². The fourth-order valence-electron chi connectivity index (χ4n) is 3.09. The maximum absolute atomic E-state index is 11.4. The number of hydrogen-bond acceptors (Lipinski definition) is 3. The van der Waals surface area contributed by atoms with Gasteiger partial charge in [0.1, 0.15) is 0 Å². The third kappa shape index (κ3) is 1.78. The van der Waals surface area contributed by atoms with Crippen LogP contribution in [0.5, 0.6) is 0 Å². The van der Waals surface area contributed by atoms with Crippen molar-refractivity contribution in [2.75, 3.05) is 7.11 Å². The highest BCUT2D eigenvalue weighted by Crippen LogP contribution is 2.45. The summed E-state index contributed by atoms with van der Waals surface area (Å²) in [7, 11) is 1.46. The summed E-state index contributed by atoms with van der Waals surface area (Å²) in [5.41, 5.74) is 0. The van der Waals surface area contributed by atoms with Gasteiger partial charge in [-0.3, -0.25) is 4.79 Å². The van der Waals surface area contributed by atoms with Gasteiger partial charge in [0.25, 0.3) is 0 Å². The number of hydrogen-bond donors (Lipinski definition) is 1. The lowest BCUT2D eigenvalue weighted by Gasteiger charge is -2.28. The summed E-state index contributed by atoms with van der Waals surface area (Å²) < 4.78 is 4.77. The second-order valence-corrected chi connectivity index (χ2v) is 4.68. The number of fused-ring (bicyclic) bond motifs is 1. The van der Waals surface area contributed by atoms with E-state index in [4.69, 9.17) is 4.74 Å². The molecule has 2 aliphatic rings. The maximum atomic E-state index is 11.4. The summed E-state index contributed by atoms with van der Waals surface area (Å²) in [6.07, 6.45) is 4.65. The molecule has 2 fully saturated rings. The first-order chi connectivity index (χ1) is 6.70. The molecule has 0 unspecified atom stereocenters. The zero-order valence-corrected chi connectivity index (χ0v) is 8.61. The van der Waals surface area contributed by atoms with E-state index >= 15 is 0 Å². The summed E-state index contributed by atoms with van der Waals surface area (Å²) in [5.74, 6) is 1.25. The summed E-state index contributed by atoms with van der Waals surface area (Å²) in [6, 6.07) is 0. The van der Waals surface area contributed by atoms with Crippen LogP contribution in [0.1, 0.15) is 32.1 Å². The Labute approximate surface area is 84.4 Å². The zero-order chi connectivity index (χ0) is 10.1. The first kappa shape index (κ1) is 9.97. The van der Waals surface area contributed by atoms with Gasteiger partial charge in [-0.05, 0) is 43.9 Å². The highest BCUT2D eigenvalue weighted by molar-refractivity contribution is 5.72. The molecule has 0 spiro atoms. The lowest BCUT2D eigenvalue weighted by Crippen LogP contribution is -2.23. The standard InChI is InChI=1S/C11H18O3/c1-14-11(13)9-4-7-2-3-10(12)6-8(7)5-9/h7-10,12H,2-6H2,1H3/t7-,8-,9+,10+/m0/s1. The Morgan fingerprint density at radius 1 is 1.21 bits per heavy atom. The Kier molecular flexibility index (Phi) is 2.77. The summed E-state index contributed by atoms with van der Waals surface area (Å²) >= 11 is 0. The molecular formula is C11H18O3. The fraction of sp³-hybridized carbons (Fsp3) is 0.909. The van der Waals surface area contributed by atoms with E-state index in [1.54, 1.807) is 0 Å². The third-order valence-electron chi connectivity index (χ3n) is 3.82. The lowest BCUT2D eigenvalue weighted by molar-refractivity contribution is -0.145. The van der Waals surface area contributed by atoms with Crippen molar-refractivity contribution in [3.63, 3.8) is 0 Å². The minimum atomic E-state index is -0.132. The quantitative estimate of drug-likeness (QED) is 0.647. The molecule has 0 aromatic rings. The molecule has 4 atom stereocenters. The van der Waals surface area contributed by atoms with Gasteiger partial charge in [-0.1, -0.05) is 0 Å². The number of aliphatic hydroxyl groups excluding tert-OH is 1. The Morgan fingerprint density at radius 2 is 1.93 bits per heavy atom. The van der Waals surface area contributed by atoms with Crippen molar-refractivity contribution in [1.82, 2.24) is 0 Å². The molecule has 1 N–H and O–H groups in total. The topological polar surface area (TPSA) is 46.5 Å². The van der Waals surface area contributed by atoms with Crippen molar-refractivity contribution in [3.8, 4) is 0 Å². The van der Waals surface area contributed by atoms with E-state index in [-0.39, 0.29) is 18.0 Å². The molecule has 14 heavy (non-hydrogen) atoms. The molecule has 3 nitrogen and oxygen atoms in total. The zero-order valence-electron chi connectivity index (χ0n) is 8.61. The minimum Gasteiger partial charge on any atom is -0.469 e. The maximum Gasteiger partial charge on any atom is 0.308 e. The molecule has 0 amide bonds. The van der Waals surface area contributed by atoms with Crippen LogP contribution in [0, 0.1) is 17.8 Å². The summed E-state index contributed by atoms with van der Waals surface area (Å²) in [6.45, 7) is 0. The molecule has 0 bridgehead atoms. The summed E-state index contributed by atoms with van der Waals surface area (Å²) in [4.78, 5) is 11.4. The Bertz CT molecular complexity index is 227. The van der Waals surface area contributed by atoms with Gasteiger partial charge in [0, 0.05) is 0 Å². The second kappa shape index (κ2) is 3.89. The molecule has 2 saturated carbocycles. The molecule has 0 aromatic carbocycles. The number of rotatable bonds is 1. The van der Waals surface area contributed by atoms with E-state index in [1.165, 1.54) is 7.11 Å². The van der Waals surface area contributed by atoms with E-state index in [0.29, 0.717) is 11.8 Å². The van der Waals surface area contributed by atoms with Crippen molar-refractivity contribution in [1.29, 1.82) is 0 Å². The van der Waals surface area contributed by atoms with Gasteiger partial charge in [0.05, 0.1) is 19.1 Å². The van der Waals surface area contributed by atoms with Crippen molar-refractivity contribution in [2.24, 2.45) is 17.8 Å². The van der Waals surface area contributed by atoms with Crippen LogP contribution in [0.4, 0.5) is 0 Å². The smallest absolute Gasteiger partial charge is 0.308 e. The van der Waals surface area contributed by atoms with Crippen LogP contribution in [0.25, 0.3) is 0 Å². The van der Waals surface area contributed by atoms with Gasteiger partial charge in [-0.2, -0.15) is 0 Å². The van der Waals surface area contributed by atoms with Crippen molar-refractivity contribution in [3.05, 3.63) is 0 Å². The number of esters is 1. The molecule has 0 aliphatic heterocycles. The molecule has 3 heteroatoms. The van der Waals surface area contributed by atoms with Gasteiger partial charge >= 0.3 is 5.97 Å². The number of aliphatic hydroxyl groups is 1. The average molecular weight is 198 g/mol. The minimum absolute atomic E-state index is 0.0612. The predicted octanol–water partition coefficient (Wildman–Crippen LogP) is 1.35. The molecule has 80 valence electrons. The van der Waals surface area contributed by atoms with Crippen LogP contribution >= 0.6 is 0 Å². The summed E-state index contributed by atoms with van der Waals surface area (Å²) in [5, 5.41) is 9.52. The van der Waals surface area contributed by atoms with Crippen LogP contribution in [0.2, 0.25) is 0 Å². The first-order valence-electron chi connectivity index (χ1n) is 5.46. The van der Waals surface area contributed by atoms with Gasteiger partial charge in [-0.15, -0.1) is 0 Å². The van der Waals surface area contributed by atoms with Crippen molar-refractivity contribution >= 4 is 5.97 Å².